The first kappa shape index (κ1) is 15.8. The van der Waals surface area contributed by atoms with Gasteiger partial charge in [-0.05, 0) is 33.8 Å². The quantitative estimate of drug-likeness (QED) is 0.879. The molecule has 0 aliphatic heterocycles. The van der Waals surface area contributed by atoms with E-state index in [1.54, 1.807) is 46.2 Å². The SMILES string of the molecule is C[C@@H](N)c1nc(NC(=O)OC(C)(C)C)nn1-c1ncccn1. The Morgan fingerprint density at radius 3 is 2.55 bits per heavy atom. The van der Waals surface area contributed by atoms with Gasteiger partial charge in [-0.1, -0.05) is 0 Å². The zero-order valence-electron chi connectivity index (χ0n) is 12.9. The van der Waals surface area contributed by atoms with Crippen molar-refractivity contribution >= 4 is 12.0 Å². The maximum Gasteiger partial charge on any atom is 0.414 e. The Morgan fingerprint density at radius 2 is 2.00 bits per heavy atom. The lowest BCUT2D eigenvalue weighted by molar-refractivity contribution is 0.0634. The number of carbonyl (C=O) groups is 1. The van der Waals surface area contributed by atoms with Crippen molar-refractivity contribution in [1.82, 2.24) is 24.7 Å². The van der Waals surface area contributed by atoms with E-state index in [1.165, 1.54) is 4.68 Å². The topological polar surface area (TPSA) is 121 Å². The zero-order valence-corrected chi connectivity index (χ0v) is 12.9. The fourth-order valence-electron chi connectivity index (χ4n) is 1.61. The van der Waals surface area contributed by atoms with Crippen LogP contribution in [0.2, 0.25) is 0 Å². The highest BCUT2D eigenvalue weighted by Gasteiger charge is 2.21. The van der Waals surface area contributed by atoms with Crippen molar-refractivity contribution in [1.29, 1.82) is 0 Å². The van der Waals surface area contributed by atoms with Crippen LogP contribution < -0.4 is 11.1 Å². The number of aromatic nitrogens is 5. The molecule has 3 N–H and O–H groups in total. The molecule has 22 heavy (non-hydrogen) atoms. The van der Waals surface area contributed by atoms with E-state index in [0.29, 0.717) is 11.8 Å². The van der Waals surface area contributed by atoms with Gasteiger partial charge < -0.3 is 10.5 Å². The smallest absolute Gasteiger partial charge is 0.414 e. The van der Waals surface area contributed by atoms with Crippen LogP contribution in [0.15, 0.2) is 18.5 Å². The third-order valence-electron chi connectivity index (χ3n) is 2.39. The van der Waals surface area contributed by atoms with Gasteiger partial charge in [0, 0.05) is 12.4 Å². The highest BCUT2D eigenvalue weighted by atomic mass is 16.6. The van der Waals surface area contributed by atoms with E-state index < -0.39 is 17.7 Å². The lowest BCUT2D eigenvalue weighted by Crippen LogP contribution is -2.27. The monoisotopic (exact) mass is 305 g/mol. The molecule has 0 saturated heterocycles. The molecule has 0 fully saturated rings. The molecule has 0 saturated carbocycles. The molecule has 0 radical (unpaired) electrons. The number of carbonyl (C=O) groups excluding carboxylic acids is 1. The van der Waals surface area contributed by atoms with Crippen LogP contribution in [0, 0.1) is 0 Å². The van der Waals surface area contributed by atoms with Gasteiger partial charge in [0.2, 0.25) is 0 Å². The molecule has 9 heteroatoms. The number of rotatable bonds is 3. The predicted octanol–water partition coefficient (Wildman–Crippen LogP) is 1.42. The molecule has 0 unspecified atom stereocenters. The highest BCUT2D eigenvalue weighted by Crippen LogP contribution is 2.15. The molecule has 1 atom stereocenters. The Kier molecular flexibility index (Phi) is 4.36. The van der Waals surface area contributed by atoms with Crippen LogP contribution in [0.25, 0.3) is 5.95 Å². The second-order valence-corrected chi connectivity index (χ2v) is 5.67. The maximum absolute atomic E-state index is 11.8. The summed E-state index contributed by atoms with van der Waals surface area (Å²) in [6, 6.07) is 1.27. The third kappa shape index (κ3) is 3.98. The van der Waals surface area contributed by atoms with Crippen molar-refractivity contribution in [2.24, 2.45) is 5.73 Å². The van der Waals surface area contributed by atoms with Gasteiger partial charge in [0.25, 0.3) is 11.9 Å². The van der Waals surface area contributed by atoms with E-state index >= 15 is 0 Å². The van der Waals surface area contributed by atoms with E-state index in [4.69, 9.17) is 10.5 Å². The molecule has 118 valence electrons. The maximum atomic E-state index is 11.8. The number of ether oxygens (including phenoxy) is 1. The van der Waals surface area contributed by atoms with E-state index in [-0.39, 0.29) is 5.95 Å². The van der Waals surface area contributed by atoms with Gasteiger partial charge >= 0.3 is 6.09 Å². The Labute approximate surface area is 127 Å². The molecule has 2 heterocycles. The summed E-state index contributed by atoms with van der Waals surface area (Å²) in [6.45, 7) is 7.05. The summed E-state index contributed by atoms with van der Waals surface area (Å²) in [6.07, 6.45) is 2.51. The van der Waals surface area contributed by atoms with E-state index in [0.717, 1.165) is 0 Å². The van der Waals surface area contributed by atoms with Gasteiger partial charge in [-0.3, -0.25) is 5.32 Å². The van der Waals surface area contributed by atoms with E-state index in [2.05, 4.69) is 25.4 Å². The van der Waals surface area contributed by atoms with Crippen LogP contribution in [-0.4, -0.2) is 36.4 Å². The third-order valence-corrected chi connectivity index (χ3v) is 2.39. The van der Waals surface area contributed by atoms with Crippen molar-refractivity contribution in [3.8, 4) is 5.95 Å². The van der Waals surface area contributed by atoms with E-state index in [9.17, 15) is 4.79 Å². The first-order valence-electron chi connectivity index (χ1n) is 6.76. The minimum absolute atomic E-state index is 0.0778. The number of nitrogens with one attached hydrogen (secondary N) is 1. The average Bonchev–Trinajstić information content (AvgIpc) is 2.81. The fraction of sp³-hybridized carbons (Fsp3) is 0.462. The largest absolute Gasteiger partial charge is 0.444 e. The summed E-state index contributed by atoms with van der Waals surface area (Å²) in [4.78, 5) is 24.1. The summed E-state index contributed by atoms with van der Waals surface area (Å²) >= 11 is 0. The van der Waals surface area contributed by atoms with Crippen molar-refractivity contribution in [3.63, 3.8) is 0 Å². The fourth-order valence-corrected chi connectivity index (χ4v) is 1.61. The number of hydrogen-bond donors (Lipinski definition) is 2. The van der Waals surface area contributed by atoms with Gasteiger partial charge in [-0.25, -0.2) is 14.8 Å². The van der Waals surface area contributed by atoms with Gasteiger partial charge in [-0.2, -0.15) is 9.67 Å². The van der Waals surface area contributed by atoms with E-state index in [1.807, 2.05) is 0 Å². The van der Waals surface area contributed by atoms with Crippen LogP contribution in [-0.2, 0) is 4.74 Å². The van der Waals surface area contributed by atoms with Crippen LogP contribution in [0.5, 0.6) is 0 Å². The molecule has 9 nitrogen and oxygen atoms in total. The van der Waals surface area contributed by atoms with Gasteiger partial charge in [-0.15, -0.1) is 5.10 Å². The Bertz CT molecular complexity index is 646. The molecular formula is C13H19N7O2. The first-order valence-corrected chi connectivity index (χ1v) is 6.76. The summed E-state index contributed by atoms with van der Waals surface area (Å²) in [7, 11) is 0. The molecular weight excluding hydrogens is 286 g/mol. The average molecular weight is 305 g/mol. The van der Waals surface area contributed by atoms with Gasteiger partial charge in [0.15, 0.2) is 5.82 Å². The van der Waals surface area contributed by atoms with Crippen molar-refractivity contribution in [3.05, 3.63) is 24.3 Å². The minimum atomic E-state index is -0.644. The van der Waals surface area contributed by atoms with Crippen LogP contribution in [0.3, 0.4) is 0 Å². The molecule has 1 amide bonds. The lowest BCUT2D eigenvalue weighted by atomic mass is 10.2. The lowest BCUT2D eigenvalue weighted by Gasteiger charge is -2.18. The molecule has 2 rings (SSSR count). The standard InChI is InChI=1S/C13H19N7O2/c1-8(14)9-17-10(18-12(21)22-13(2,3)4)19-20(9)11-15-6-5-7-16-11/h5-8H,14H2,1-4H3,(H,18,19,21)/t8-/m1/s1. The molecule has 0 bridgehead atoms. The second-order valence-electron chi connectivity index (χ2n) is 5.67. The number of nitrogens with two attached hydrogens (primary N) is 1. The number of nitrogens with zero attached hydrogens (tertiary/aromatic N) is 5. The second kappa shape index (κ2) is 6.06. The van der Waals surface area contributed by atoms with Crippen molar-refractivity contribution in [2.75, 3.05) is 5.32 Å². The molecule has 2 aromatic heterocycles. The predicted molar refractivity (Wildman–Crippen MR) is 79.4 cm³/mol. The van der Waals surface area contributed by atoms with Gasteiger partial charge in [0.05, 0.1) is 6.04 Å². The van der Waals surface area contributed by atoms with Crippen molar-refractivity contribution in [2.45, 2.75) is 39.3 Å². The summed E-state index contributed by atoms with van der Waals surface area (Å²) in [5.41, 5.74) is 5.26. The normalized spacial score (nSPS) is 12.8. The van der Waals surface area contributed by atoms with Gasteiger partial charge in [0.1, 0.15) is 5.60 Å². The van der Waals surface area contributed by atoms with Crippen molar-refractivity contribution < 1.29 is 9.53 Å². The van der Waals surface area contributed by atoms with Crippen LogP contribution in [0.4, 0.5) is 10.7 Å². The summed E-state index contributed by atoms with van der Waals surface area (Å²) < 4.78 is 6.54. The molecule has 2 aromatic rings. The summed E-state index contributed by atoms with van der Waals surface area (Å²) in [5.74, 6) is 0.825. The highest BCUT2D eigenvalue weighted by molar-refractivity contribution is 5.82. The first-order chi connectivity index (χ1) is 10.3. The molecule has 0 aliphatic carbocycles. The Balaban J connectivity index is 2.26. The van der Waals surface area contributed by atoms with Crippen LogP contribution in [0.1, 0.15) is 39.6 Å². The van der Waals surface area contributed by atoms with Crippen LogP contribution >= 0.6 is 0 Å². The number of hydrogen-bond acceptors (Lipinski definition) is 7. The molecule has 0 aromatic carbocycles. The zero-order chi connectivity index (χ0) is 16.3. The minimum Gasteiger partial charge on any atom is -0.444 e. The Morgan fingerprint density at radius 1 is 1.36 bits per heavy atom. The Hall–Kier alpha value is -2.55. The number of anilines is 1. The summed E-state index contributed by atoms with van der Waals surface area (Å²) in [5, 5.41) is 6.63. The number of amides is 1. The molecule has 0 spiro atoms. The molecule has 0 aliphatic rings.